The van der Waals surface area contributed by atoms with E-state index in [1.54, 1.807) is 0 Å². The van der Waals surface area contributed by atoms with Crippen molar-refractivity contribution in [2.45, 2.75) is 0 Å². The monoisotopic (exact) mass is 218 g/mol. The number of Topliss-reactive ketones (excluding diaryl/α,β-unsaturated/α-hetero) is 1. The number of carbonyl (C=O) groups excluding carboxylic acids is 1. The highest BCUT2D eigenvalue weighted by molar-refractivity contribution is 6.45. The predicted octanol–water partition coefficient (Wildman–Crippen LogP) is 1.45. The number of hydrogen-bond donors (Lipinski definition) is 2. The van der Waals surface area contributed by atoms with Crippen LogP contribution in [0.2, 0.25) is 5.02 Å². The van der Waals surface area contributed by atoms with E-state index in [1.165, 1.54) is 0 Å². The molecule has 0 aromatic heterocycles. The van der Waals surface area contributed by atoms with Gasteiger partial charge in [0.15, 0.2) is 11.6 Å². The van der Waals surface area contributed by atoms with Crippen LogP contribution in [0.25, 0.3) is 0 Å². The van der Waals surface area contributed by atoms with Crippen molar-refractivity contribution < 1.29 is 24.2 Å². The van der Waals surface area contributed by atoms with E-state index in [1.807, 2.05) is 0 Å². The lowest BCUT2D eigenvalue weighted by Gasteiger charge is -2.03. The molecule has 0 bridgehead atoms. The van der Waals surface area contributed by atoms with Gasteiger partial charge >= 0.3 is 5.97 Å². The lowest BCUT2D eigenvalue weighted by atomic mass is 10.1. The van der Waals surface area contributed by atoms with Crippen LogP contribution in [0.15, 0.2) is 12.1 Å². The lowest BCUT2D eigenvalue weighted by molar-refractivity contribution is -0.131. The molecule has 0 saturated carbocycles. The van der Waals surface area contributed by atoms with Gasteiger partial charge in [0.2, 0.25) is 0 Å². The van der Waals surface area contributed by atoms with Crippen molar-refractivity contribution in [2.75, 3.05) is 0 Å². The maximum Gasteiger partial charge on any atom is 0.377 e. The first-order valence-electron chi connectivity index (χ1n) is 3.39. The van der Waals surface area contributed by atoms with Crippen LogP contribution in [0.1, 0.15) is 10.4 Å². The van der Waals surface area contributed by atoms with Crippen molar-refractivity contribution in [3.63, 3.8) is 0 Å². The van der Waals surface area contributed by atoms with Gasteiger partial charge in [-0.2, -0.15) is 0 Å². The standard InChI is InChI=1S/C8H4ClFO4/c9-3-1-2-4(10)6(11)5(3)7(12)8(13)14/h1-2,11H,(H,13,14). The molecule has 0 unspecified atom stereocenters. The summed E-state index contributed by atoms with van der Waals surface area (Å²) in [6, 6.07) is 1.82. The van der Waals surface area contributed by atoms with Gasteiger partial charge in [-0.1, -0.05) is 11.6 Å². The number of hydrogen-bond acceptors (Lipinski definition) is 3. The fraction of sp³-hybridized carbons (Fsp3) is 0. The average molecular weight is 219 g/mol. The fourth-order valence-corrected chi connectivity index (χ4v) is 1.10. The molecule has 0 heterocycles. The van der Waals surface area contributed by atoms with E-state index in [0.29, 0.717) is 0 Å². The quantitative estimate of drug-likeness (QED) is 0.582. The molecule has 1 rings (SSSR count). The molecule has 1 aromatic rings. The van der Waals surface area contributed by atoms with E-state index in [-0.39, 0.29) is 5.02 Å². The van der Waals surface area contributed by atoms with E-state index in [9.17, 15) is 14.0 Å². The number of halogens is 2. The Morgan fingerprint density at radius 3 is 2.43 bits per heavy atom. The molecule has 0 spiro atoms. The first kappa shape index (κ1) is 10.5. The van der Waals surface area contributed by atoms with E-state index in [0.717, 1.165) is 12.1 Å². The zero-order chi connectivity index (χ0) is 10.9. The first-order chi connectivity index (χ1) is 6.45. The number of phenolic OH excluding ortho intramolecular Hbond substituents is 1. The zero-order valence-electron chi connectivity index (χ0n) is 6.62. The molecule has 0 radical (unpaired) electrons. The Bertz CT molecular complexity index is 416. The summed E-state index contributed by atoms with van der Waals surface area (Å²) in [5, 5.41) is 17.1. The van der Waals surface area contributed by atoms with Gasteiger partial charge in [-0.3, -0.25) is 4.79 Å². The number of aromatic hydroxyl groups is 1. The zero-order valence-corrected chi connectivity index (χ0v) is 7.38. The van der Waals surface area contributed by atoms with Crippen molar-refractivity contribution in [2.24, 2.45) is 0 Å². The minimum Gasteiger partial charge on any atom is -0.504 e. The Morgan fingerprint density at radius 2 is 1.93 bits per heavy atom. The number of phenols is 1. The molecular formula is C8H4ClFO4. The summed E-state index contributed by atoms with van der Waals surface area (Å²) in [6.07, 6.45) is 0. The van der Waals surface area contributed by atoms with Crippen LogP contribution in [-0.2, 0) is 4.79 Å². The second-order valence-corrected chi connectivity index (χ2v) is 2.79. The number of aliphatic carboxylic acids is 1. The van der Waals surface area contributed by atoms with E-state index < -0.39 is 28.9 Å². The Kier molecular flexibility index (Phi) is 2.71. The number of ketones is 1. The second-order valence-electron chi connectivity index (χ2n) is 2.39. The molecule has 0 amide bonds. The van der Waals surface area contributed by atoms with Crippen molar-refractivity contribution in [3.8, 4) is 5.75 Å². The molecule has 0 aliphatic heterocycles. The van der Waals surface area contributed by atoms with Gasteiger partial charge in [-0.05, 0) is 12.1 Å². The number of carboxylic acids is 1. The molecule has 6 heteroatoms. The number of carbonyl (C=O) groups is 2. The van der Waals surface area contributed by atoms with Gasteiger partial charge in [0, 0.05) is 0 Å². The van der Waals surface area contributed by atoms with Crippen molar-refractivity contribution in [1.82, 2.24) is 0 Å². The minimum absolute atomic E-state index is 0.309. The largest absolute Gasteiger partial charge is 0.504 e. The summed E-state index contributed by atoms with van der Waals surface area (Å²) in [5.74, 6) is -5.41. The molecule has 4 nitrogen and oxygen atoms in total. The molecule has 0 atom stereocenters. The van der Waals surface area contributed by atoms with Crippen molar-refractivity contribution in [1.29, 1.82) is 0 Å². The van der Waals surface area contributed by atoms with Crippen LogP contribution in [0.5, 0.6) is 5.75 Å². The summed E-state index contributed by atoms with van der Waals surface area (Å²) < 4.78 is 12.7. The molecule has 1 aromatic carbocycles. The first-order valence-corrected chi connectivity index (χ1v) is 3.77. The van der Waals surface area contributed by atoms with Crippen LogP contribution in [-0.4, -0.2) is 22.0 Å². The van der Waals surface area contributed by atoms with Gasteiger partial charge < -0.3 is 10.2 Å². The third-order valence-corrected chi connectivity index (χ3v) is 1.81. The molecule has 2 N–H and O–H groups in total. The smallest absolute Gasteiger partial charge is 0.377 e. The third kappa shape index (κ3) is 1.67. The Labute approximate surface area is 82.5 Å². The number of rotatable bonds is 2. The van der Waals surface area contributed by atoms with E-state index >= 15 is 0 Å². The lowest BCUT2D eigenvalue weighted by Crippen LogP contribution is -2.13. The van der Waals surface area contributed by atoms with Crippen LogP contribution in [0.3, 0.4) is 0 Å². The van der Waals surface area contributed by atoms with Gasteiger partial charge in [0.05, 0.1) is 10.6 Å². The van der Waals surface area contributed by atoms with Gasteiger partial charge in [-0.25, -0.2) is 9.18 Å². The molecule has 0 saturated heterocycles. The average Bonchev–Trinajstić information content (AvgIpc) is 2.12. The topological polar surface area (TPSA) is 74.6 Å². The van der Waals surface area contributed by atoms with Crippen LogP contribution in [0.4, 0.5) is 4.39 Å². The SMILES string of the molecule is O=C(O)C(=O)c1c(Cl)ccc(F)c1O. The molecular weight excluding hydrogens is 215 g/mol. The second kappa shape index (κ2) is 3.63. The van der Waals surface area contributed by atoms with Gasteiger partial charge in [-0.15, -0.1) is 0 Å². The normalized spacial score (nSPS) is 9.86. The van der Waals surface area contributed by atoms with Crippen LogP contribution >= 0.6 is 11.6 Å². The van der Waals surface area contributed by atoms with E-state index in [2.05, 4.69) is 0 Å². The van der Waals surface area contributed by atoms with Crippen LogP contribution in [0, 0.1) is 5.82 Å². The highest BCUT2D eigenvalue weighted by atomic mass is 35.5. The van der Waals surface area contributed by atoms with Gasteiger partial charge in [0.1, 0.15) is 0 Å². The third-order valence-electron chi connectivity index (χ3n) is 1.50. The predicted molar refractivity (Wildman–Crippen MR) is 45.0 cm³/mol. The number of benzene rings is 1. The van der Waals surface area contributed by atoms with Gasteiger partial charge in [0.25, 0.3) is 5.78 Å². The maximum atomic E-state index is 12.7. The summed E-state index contributed by atoms with van der Waals surface area (Å²) >= 11 is 5.43. The fourth-order valence-electron chi connectivity index (χ4n) is 0.864. The molecule has 74 valence electrons. The Balaban J connectivity index is 3.40. The highest BCUT2D eigenvalue weighted by Gasteiger charge is 2.24. The maximum absolute atomic E-state index is 12.7. The summed E-state index contributed by atoms with van der Waals surface area (Å²) in [7, 11) is 0. The molecule has 0 aliphatic carbocycles. The summed E-state index contributed by atoms with van der Waals surface area (Å²) in [4.78, 5) is 21.2. The minimum atomic E-state index is -1.81. The summed E-state index contributed by atoms with van der Waals surface area (Å²) in [5.41, 5.74) is -0.737. The molecule has 14 heavy (non-hydrogen) atoms. The van der Waals surface area contributed by atoms with E-state index in [4.69, 9.17) is 21.8 Å². The highest BCUT2D eigenvalue weighted by Crippen LogP contribution is 2.28. The van der Waals surface area contributed by atoms with Crippen LogP contribution < -0.4 is 0 Å². The van der Waals surface area contributed by atoms with Crippen molar-refractivity contribution in [3.05, 3.63) is 28.5 Å². The number of carboxylic acid groups (broad SMARTS) is 1. The summed E-state index contributed by atoms with van der Waals surface area (Å²) in [6.45, 7) is 0. The van der Waals surface area contributed by atoms with Crippen molar-refractivity contribution >= 4 is 23.4 Å². The Hall–Kier alpha value is -1.62. The molecule has 0 fully saturated rings. The molecule has 0 aliphatic rings. The Morgan fingerprint density at radius 1 is 1.36 bits per heavy atom.